The fourth-order valence-electron chi connectivity index (χ4n) is 2.38. The van der Waals surface area contributed by atoms with Crippen LogP contribution in [0.2, 0.25) is 0 Å². The Morgan fingerprint density at radius 1 is 1.19 bits per heavy atom. The van der Waals surface area contributed by atoms with Crippen LogP contribution in [0, 0.1) is 11.3 Å². The molecule has 0 atom stereocenters. The number of ether oxygens (including phenoxy) is 2. The van der Waals surface area contributed by atoms with Crippen molar-refractivity contribution < 1.29 is 19.4 Å². The highest BCUT2D eigenvalue weighted by atomic mass is 16.5. The molecule has 0 bridgehead atoms. The second-order valence-corrected chi connectivity index (χ2v) is 5.46. The number of rotatable bonds is 7. The van der Waals surface area contributed by atoms with Gasteiger partial charge in [0.25, 0.3) is 5.91 Å². The highest BCUT2D eigenvalue weighted by Gasteiger charge is 2.09. The van der Waals surface area contributed by atoms with Gasteiger partial charge in [-0.15, -0.1) is 0 Å². The molecule has 2 rings (SSSR count). The van der Waals surface area contributed by atoms with Gasteiger partial charge in [-0.1, -0.05) is 18.2 Å². The molecule has 2 aromatic rings. The van der Waals surface area contributed by atoms with Gasteiger partial charge in [0.2, 0.25) is 0 Å². The number of hydrogen-bond donors (Lipinski definition) is 2. The van der Waals surface area contributed by atoms with Crippen LogP contribution in [-0.2, 0) is 11.2 Å². The lowest BCUT2D eigenvalue weighted by molar-refractivity contribution is -0.117. The van der Waals surface area contributed by atoms with E-state index >= 15 is 0 Å². The summed E-state index contributed by atoms with van der Waals surface area (Å²) >= 11 is 0. The maximum atomic E-state index is 12.2. The standard InChI is InChI=1S/C20H20N2O4/c1-25-18-7-6-14(12-19(18)26-2)8-9-22-20(24)16(13-21)10-15-4-3-5-17(23)11-15/h3-7,10-12,23H,8-9H2,1-2H3,(H,22,24). The Balaban J connectivity index is 1.98. The Bertz CT molecular complexity index is 853. The maximum Gasteiger partial charge on any atom is 0.261 e. The second-order valence-electron chi connectivity index (χ2n) is 5.46. The lowest BCUT2D eigenvalue weighted by Crippen LogP contribution is -2.26. The lowest BCUT2D eigenvalue weighted by atomic mass is 10.1. The van der Waals surface area contributed by atoms with E-state index in [-0.39, 0.29) is 11.3 Å². The summed E-state index contributed by atoms with van der Waals surface area (Å²) in [5, 5.41) is 21.4. The minimum atomic E-state index is -0.462. The molecule has 0 saturated heterocycles. The second kappa shape index (κ2) is 9.14. The summed E-state index contributed by atoms with van der Waals surface area (Å²) in [6.45, 7) is 0.368. The van der Waals surface area contributed by atoms with E-state index in [2.05, 4.69) is 5.32 Å². The number of phenolic OH excluding ortho intramolecular Hbond substituents is 1. The summed E-state index contributed by atoms with van der Waals surface area (Å²) in [4.78, 5) is 12.2. The Hall–Kier alpha value is -3.46. The van der Waals surface area contributed by atoms with Gasteiger partial charge in [-0.25, -0.2) is 0 Å². The predicted octanol–water partition coefficient (Wildman–Crippen LogP) is 2.68. The van der Waals surface area contributed by atoms with Crippen molar-refractivity contribution >= 4 is 12.0 Å². The van der Waals surface area contributed by atoms with Crippen molar-refractivity contribution in [3.05, 3.63) is 59.2 Å². The van der Waals surface area contributed by atoms with E-state index in [0.29, 0.717) is 30.0 Å². The molecule has 134 valence electrons. The van der Waals surface area contributed by atoms with E-state index in [1.54, 1.807) is 32.4 Å². The Morgan fingerprint density at radius 3 is 2.62 bits per heavy atom. The van der Waals surface area contributed by atoms with Gasteiger partial charge in [-0.2, -0.15) is 5.26 Å². The van der Waals surface area contributed by atoms with Gasteiger partial charge in [-0.05, 0) is 47.9 Å². The van der Waals surface area contributed by atoms with Crippen LogP contribution in [0.4, 0.5) is 0 Å². The number of phenols is 1. The van der Waals surface area contributed by atoms with Crippen LogP contribution in [0.1, 0.15) is 11.1 Å². The molecular formula is C20H20N2O4. The summed E-state index contributed by atoms with van der Waals surface area (Å²) in [6.07, 6.45) is 2.02. The molecular weight excluding hydrogens is 332 g/mol. The average Bonchev–Trinajstić information content (AvgIpc) is 2.65. The first-order valence-corrected chi connectivity index (χ1v) is 7.97. The van der Waals surface area contributed by atoms with Crippen LogP contribution in [-0.4, -0.2) is 31.8 Å². The van der Waals surface area contributed by atoms with Crippen molar-refractivity contribution in [2.45, 2.75) is 6.42 Å². The zero-order valence-electron chi connectivity index (χ0n) is 14.7. The van der Waals surface area contributed by atoms with E-state index in [1.807, 2.05) is 18.2 Å². The normalized spacial score (nSPS) is 10.7. The highest BCUT2D eigenvalue weighted by Crippen LogP contribution is 2.27. The molecule has 0 saturated carbocycles. The third-order valence-electron chi connectivity index (χ3n) is 3.69. The van der Waals surface area contributed by atoms with E-state index in [0.717, 1.165) is 5.56 Å². The molecule has 0 aliphatic heterocycles. The number of aromatic hydroxyl groups is 1. The van der Waals surface area contributed by atoms with Gasteiger partial charge in [-0.3, -0.25) is 4.79 Å². The van der Waals surface area contributed by atoms with Gasteiger partial charge in [0.1, 0.15) is 17.4 Å². The number of carbonyl (C=O) groups excluding carboxylic acids is 1. The number of carbonyl (C=O) groups is 1. The van der Waals surface area contributed by atoms with E-state index in [4.69, 9.17) is 9.47 Å². The summed E-state index contributed by atoms with van der Waals surface area (Å²) in [6, 6.07) is 13.8. The summed E-state index contributed by atoms with van der Waals surface area (Å²) in [7, 11) is 3.13. The molecule has 6 heteroatoms. The van der Waals surface area contributed by atoms with Crippen molar-refractivity contribution in [3.63, 3.8) is 0 Å². The van der Waals surface area contributed by atoms with Crippen LogP contribution in [0.3, 0.4) is 0 Å². The predicted molar refractivity (Wildman–Crippen MR) is 98.0 cm³/mol. The van der Waals surface area contributed by atoms with Crippen LogP contribution in [0.5, 0.6) is 17.2 Å². The first-order chi connectivity index (χ1) is 12.6. The van der Waals surface area contributed by atoms with Gasteiger partial charge >= 0.3 is 0 Å². The lowest BCUT2D eigenvalue weighted by Gasteiger charge is -2.10. The number of benzene rings is 2. The summed E-state index contributed by atoms with van der Waals surface area (Å²) in [5.41, 5.74) is 1.53. The molecule has 6 nitrogen and oxygen atoms in total. The topological polar surface area (TPSA) is 91.6 Å². The molecule has 0 heterocycles. The van der Waals surface area contributed by atoms with Crippen molar-refractivity contribution in [2.75, 3.05) is 20.8 Å². The molecule has 0 spiro atoms. The first kappa shape index (κ1) is 18.9. The Morgan fingerprint density at radius 2 is 1.96 bits per heavy atom. The molecule has 2 aromatic carbocycles. The zero-order valence-corrected chi connectivity index (χ0v) is 14.7. The van der Waals surface area contributed by atoms with E-state index < -0.39 is 5.91 Å². The Labute approximate surface area is 152 Å². The number of nitrogens with zero attached hydrogens (tertiary/aromatic N) is 1. The van der Waals surface area contributed by atoms with E-state index in [1.165, 1.54) is 18.2 Å². The third-order valence-corrected chi connectivity index (χ3v) is 3.69. The monoisotopic (exact) mass is 352 g/mol. The number of methoxy groups -OCH3 is 2. The highest BCUT2D eigenvalue weighted by molar-refractivity contribution is 6.01. The van der Waals surface area contributed by atoms with Crippen LogP contribution in [0.15, 0.2) is 48.0 Å². The molecule has 26 heavy (non-hydrogen) atoms. The fourth-order valence-corrected chi connectivity index (χ4v) is 2.38. The number of hydrogen-bond acceptors (Lipinski definition) is 5. The minimum Gasteiger partial charge on any atom is -0.508 e. The molecule has 0 radical (unpaired) electrons. The van der Waals surface area contributed by atoms with Crippen molar-refractivity contribution in [3.8, 4) is 23.3 Å². The fraction of sp³-hybridized carbons (Fsp3) is 0.200. The number of nitriles is 1. The first-order valence-electron chi connectivity index (χ1n) is 7.97. The SMILES string of the molecule is COc1ccc(CCNC(=O)C(C#N)=Cc2cccc(O)c2)cc1OC. The van der Waals surface area contributed by atoms with Crippen molar-refractivity contribution in [2.24, 2.45) is 0 Å². The van der Waals surface area contributed by atoms with Gasteiger partial charge in [0.15, 0.2) is 11.5 Å². The number of nitrogens with one attached hydrogen (secondary N) is 1. The molecule has 1 amide bonds. The van der Waals surface area contributed by atoms with Gasteiger partial charge in [0.05, 0.1) is 14.2 Å². The molecule has 2 N–H and O–H groups in total. The molecule has 0 unspecified atom stereocenters. The van der Waals surface area contributed by atoms with Crippen molar-refractivity contribution in [1.82, 2.24) is 5.32 Å². The number of amides is 1. The summed E-state index contributed by atoms with van der Waals surface area (Å²) in [5.74, 6) is 0.875. The largest absolute Gasteiger partial charge is 0.508 e. The molecule has 0 aliphatic carbocycles. The van der Waals surface area contributed by atoms with E-state index in [9.17, 15) is 15.2 Å². The average molecular weight is 352 g/mol. The zero-order chi connectivity index (χ0) is 18.9. The molecule has 0 fully saturated rings. The molecule has 0 aliphatic rings. The van der Waals surface area contributed by atoms with Gasteiger partial charge in [0, 0.05) is 6.54 Å². The van der Waals surface area contributed by atoms with Crippen LogP contribution >= 0.6 is 0 Å². The smallest absolute Gasteiger partial charge is 0.261 e. The van der Waals surface area contributed by atoms with Crippen LogP contribution < -0.4 is 14.8 Å². The maximum absolute atomic E-state index is 12.2. The Kier molecular flexibility index (Phi) is 6.63. The van der Waals surface area contributed by atoms with Crippen LogP contribution in [0.25, 0.3) is 6.08 Å². The van der Waals surface area contributed by atoms with Gasteiger partial charge < -0.3 is 19.9 Å². The minimum absolute atomic E-state index is 0.0251. The van der Waals surface area contributed by atoms with Crippen molar-refractivity contribution in [1.29, 1.82) is 5.26 Å². The molecule has 0 aromatic heterocycles. The quantitative estimate of drug-likeness (QED) is 0.590. The third kappa shape index (κ3) is 5.02. The summed E-state index contributed by atoms with van der Waals surface area (Å²) < 4.78 is 10.4.